The molecular weight excluding hydrogens is 458 g/mol. The first-order valence-electron chi connectivity index (χ1n) is 11.3. The highest BCUT2D eigenvalue weighted by atomic mass is 32.2. The highest BCUT2D eigenvalue weighted by Crippen LogP contribution is 2.28. The summed E-state index contributed by atoms with van der Waals surface area (Å²) in [5.74, 6) is 0. The molecule has 1 aliphatic heterocycles. The fraction of sp³-hybridized carbons (Fsp3) is 0.500. The van der Waals surface area contributed by atoms with E-state index in [0.717, 1.165) is 49.9 Å². The van der Waals surface area contributed by atoms with Gasteiger partial charge in [-0.3, -0.25) is 9.11 Å². The van der Waals surface area contributed by atoms with Crippen LogP contribution in [0.4, 0.5) is 5.69 Å². The van der Waals surface area contributed by atoms with E-state index in [1.807, 2.05) is 6.07 Å². The number of rotatable bonds is 10. The second kappa shape index (κ2) is 11.6. The number of nitrogens with zero attached hydrogens (tertiary/aromatic N) is 3. The molecule has 1 saturated heterocycles. The van der Waals surface area contributed by atoms with Crippen LogP contribution in [0.25, 0.3) is 0 Å². The van der Waals surface area contributed by atoms with Crippen molar-refractivity contribution in [2.75, 3.05) is 58.0 Å². The Morgan fingerprint density at radius 3 is 2.30 bits per heavy atom. The first-order valence-corrected chi connectivity index (χ1v) is 14.3. The van der Waals surface area contributed by atoms with Crippen molar-refractivity contribution in [1.29, 1.82) is 0 Å². The molecule has 1 fully saturated rings. The molecule has 0 aromatic heterocycles. The first kappa shape index (κ1) is 25.8. The minimum absolute atomic E-state index is 0.00108. The summed E-state index contributed by atoms with van der Waals surface area (Å²) in [6.07, 6.45) is 3.08. The Balaban J connectivity index is 1.50. The SMILES string of the molecule is CN(C)S(=O)(=O)c1cc(C(O)CCCCN2CCN(c3ccccc3)CC2)ccc1S(C)=O. The normalized spacial score (nSPS) is 17.3. The topological polar surface area (TPSA) is 81.2 Å². The van der Waals surface area contributed by atoms with Crippen molar-refractivity contribution >= 4 is 26.5 Å². The number of benzene rings is 2. The number of piperazine rings is 1. The minimum atomic E-state index is -3.75. The molecule has 2 atom stereocenters. The summed E-state index contributed by atoms with van der Waals surface area (Å²) in [5.41, 5.74) is 1.81. The Hall–Kier alpha value is -1.78. The van der Waals surface area contributed by atoms with Gasteiger partial charge in [-0.05, 0) is 55.6 Å². The van der Waals surface area contributed by atoms with Crippen molar-refractivity contribution in [2.24, 2.45) is 0 Å². The van der Waals surface area contributed by atoms with Crippen molar-refractivity contribution in [3.63, 3.8) is 0 Å². The summed E-state index contributed by atoms with van der Waals surface area (Å²) in [6.45, 7) is 5.07. The number of sulfonamides is 1. The van der Waals surface area contributed by atoms with Crippen LogP contribution < -0.4 is 4.90 Å². The Bertz CT molecular complexity index is 1040. The predicted octanol–water partition coefficient (Wildman–Crippen LogP) is 2.70. The van der Waals surface area contributed by atoms with E-state index in [4.69, 9.17) is 0 Å². The summed E-state index contributed by atoms with van der Waals surface area (Å²) in [6, 6.07) is 15.2. The third kappa shape index (κ3) is 6.64. The molecule has 0 saturated carbocycles. The van der Waals surface area contributed by atoms with Gasteiger partial charge in [0.1, 0.15) is 0 Å². The van der Waals surface area contributed by atoms with Crippen LogP contribution in [0.3, 0.4) is 0 Å². The van der Waals surface area contributed by atoms with Gasteiger partial charge in [0.25, 0.3) is 0 Å². The Labute approximate surface area is 200 Å². The van der Waals surface area contributed by atoms with Gasteiger partial charge < -0.3 is 10.0 Å². The number of hydrogen-bond donors (Lipinski definition) is 1. The highest BCUT2D eigenvalue weighted by molar-refractivity contribution is 7.90. The molecule has 0 radical (unpaired) electrons. The molecule has 7 nitrogen and oxygen atoms in total. The maximum atomic E-state index is 12.7. The zero-order valence-electron chi connectivity index (χ0n) is 19.7. The molecule has 0 aliphatic carbocycles. The zero-order valence-corrected chi connectivity index (χ0v) is 21.3. The summed E-state index contributed by atoms with van der Waals surface area (Å²) < 4.78 is 38.5. The van der Waals surface area contributed by atoms with E-state index in [0.29, 0.717) is 12.0 Å². The summed E-state index contributed by atoms with van der Waals surface area (Å²) >= 11 is 0. The van der Waals surface area contributed by atoms with Gasteiger partial charge >= 0.3 is 0 Å². The van der Waals surface area contributed by atoms with Crippen LogP contribution in [-0.2, 0) is 20.8 Å². The third-order valence-electron chi connectivity index (χ3n) is 6.12. The van der Waals surface area contributed by atoms with Gasteiger partial charge in [-0.1, -0.05) is 24.3 Å². The average Bonchev–Trinajstić information content (AvgIpc) is 2.82. The lowest BCUT2D eigenvalue weighted by Crippen LogP contribution is -2.46. The fourth-order valence-corrected chi connectivity index (χ4v) is 6.35. The van der Waals surface area contributed by atoms with E-state index in [-0.39, 0.29) is 9.79 Å². The van der Waals surface area contributed by atoms with Gasteiger partial charge in [-0.2, -0.15) is 0 Å². The summed E-state index contributed by atoms with van der Waals surface area (Å²) in [7, 11) is -2.31. The van der Waals surface area contributed by atoms with Gasteiger partial charge in [0, 0.05) is 52.2 Å². The zero-order chi connectivity index (χ0) is 24.0. The van der Waals surface area contributed by atoms with Crippen molar-refractivity contribution in [1.82, 2.24) is 9.21 Å². The second-order valence-corrected chi connectivity index (χ2v) is 12.1. The van der Waals surface area contributed by atoms with Gasteiger partial charge in [0.05, 0.1) is 26.7 Å². The second-order valence-electron chi connectivity index (χ2n) is 8.62. The lowest BCUT2D eigenvalue weighted by atomic mass is 10.0. The standard InChI is InChI=1S/C24H35N3O4S2/c1-25(2)33(30,31)24-19-20(12-13-23(24)32(3)29)22(28)11-7-8-14-26-15-17-27(18-16-26)21-9-5-4-6-10-21/h4-6,9-10,12-13,19,22,28H,7-8,11,14-18H2,1-3H3. The number of aliphatic hydroxyl groups excluding tert-OH is 1. The van der Waals surface area contributed by atoms with Crippen LogP contribution >= 0.6 is 0 Å². The molecule has 0 amide bonds. The van der Waals surface area contributed by atoms with E-state index in [9.17, 15) is 17.7 Å². The molecule has 1 N–H and O–H groups in total. The molecule has 2 aromatic rings. The Morgan fingerprint density at radius 1 is 1.03 bits per heavy atom. The molecule has 3 rings (SSSR count). The largest absolute Gasteiger partial charge is 0.388 e. The van der Waals surface area contributed by atoms with Crippen LogP contribution in [0.5, 0.6) is 0 Å². The van der Waals surface area contributed by atoms with Gasteiger partial charge in [0.15, 0.2) is 0 Å². The predicted molar refractivity (Wildman–Crippen MR) is 134 cm³/mol. The first-order chi connectivity index (χ1) is 15.7. The molecule has 0 spiro atoms. The Morgan fingerprint density at radius 2 is 1.70 bits per heavy atom. The van der Waals surface area contributed by atoms with E-state index >= 15 is 0 Å². The van der Waals surface area contributed by atoms with Gasteiger partial charge in [-0.15, -0.1) is 0 Å². The molecule has 1 aliphatic rings. The lowest BCUT2D eigenvalue weighted by Gasteiger charge is -2.36. The van der Waals surface area contributed by atoms with Gasteiger partial charge in [-0.25, -0.2) is 12.7 Å². The van der Waals surface area contributed by atoms with Crippen molar-refractivity contribution in [3.05, 3.63) is 54.1 Å². The van der Waals surface area contributed by atoms with Crippen molar-refractivity contribution < 1.29 is 17.7 Å². The van der Waals surface area contributed by atoms with Crippen molar-refractivity contribution in [2.45, 2.75) is 35.2 Å². The quantitative estimate of drug-likeness (QED) is 0.513. The molecule has 182 valence electrons. The summed E-state index contributed by atoms with van der Waals surface area (Å²) in [4.78, 5) is 5.13. The highest BCUT2D eigenvalue weighted by Gasteiger charge is 2.24. The monoisotopic (exact) mass is 493 g/mol. The maximum absolute atomic E-state index is 12.7. The lowest BCUT2D eigenvalue weighted by molar-refractivity contribution is 0.159. The number of unbranched alkanes of at least 4 members (excludes halogenated alkanes) is 1. The number of aliphatic hydroxyl groups is 1. The molecule has 2 unspecified atom stereocenters. The number of para-hydroxylation sites is 1. The van der Waals surface area contributed by atoms with E-state index in [1.165, 1.54) is 32.1 Å². The number of anilines is 1. The van der Waals surface area contributed by atoms with E-state index in [1.54, 1.807) is 12.1 Å². The van der Waals surface area contributed by atoms with Crippen LogP contribution in [0.15, 0.2) is 58.3 Å². The van der Waals surface area contributed by atoms with E-state index < -0.39 is 26.9 Å². The fourth-order valence-electron chi connectivity index (χ4n) is 4.08. The molecule has 1 heterocycles. The average molecular weight is 494 g/mol. The molecule has 9 heteroatoms. The molecular formula is C24H35N3O4S2. The summed E-state index contributed by atoms with van der Waals surface area (Å²) in [5, 5.41) is 10.7. The smallest absolute Gasteiger partial charge is 0.243 e. The van der Waals surface area contributed by atoms with Crippen LogP contribution in [-0.4, -0.2) is 80.0 Å². The van der Waals surface area contributed by atoms with Crippen molar-refractivity contribution in [3.8, 4) is 0 Å². The minimum Gasteiger partial charge on any atom is -0.388 e. The maximum Gasteiger partial charge on any atom is 0.243 e. The van der Waals surface area contributed by atoms with Gasteiger partial charge in [0.2, 0.25) is 10.0 Å². The van der Waals surface area contributed by atoms with Crippen LogP contribution in [0, 0.1) is 0 Å². The van der Waals surface area contributed by atoms with E-state index in [2.05, 4.69) is 34.1 Å². The molecule has 0 bridgehead atoms. The number of hydrogen-bond acceptors (Lipinski definition) is 6. The molecule has 2 aromatic carbocycles. The van der Waals surface area contributed by atoms with Crippen LogP contribution in [0.1, 0.15) is 30.9 Å². The third-order valence-corrected chi connectivity index (χ3v) is 9.08. The van der Waals surface area contributed by atoms with Crippen LogP contribution in [0.2, 0.25) is 0 Å². The Kier molecular flexibility index (Phi) is 9.06. The molecule has 33 heavy (non-hydrogen) atoms.